The van der Waals surface area contributed by atoms with Crippen LogP contribution in [0, 0.1) is 0 Å². The van der Waals surface area contributed by atoms with E-state index in [2.05, 4.69) is 26.1 Å². The first-order valence-electron chi connectivity index (χ1n) is 31.8. The number of ether oxygens (including phenoxy) is 1. The number of hydrogen-bond donors (Lipinski definition) is 3. The van der Waals surface area contributed by atoms with E-state index < -0.39 is 18.2 Å². The largest absolute Gasteiger partial charge is 0.462 e. The lowest BCUT2D eigenvalue weighted by Crippen LogP contribution is -2.46. The van der Waals surface area contributed by atoms with Gasteiger partial charge in [-0.3, -0.25) is 9.59 Å². The minimum atomic E-state index is -0.781. The van der Waals surface area contributed by atoms with Crippen LogP contribution < -0.4 is 5.32 Å². The minimum absolute atomic E-state index is 0.0892. The lowest BCUT2D eigenvalue weighted by atomic mass is 10.0. The average Bonchev–Trinajstić information content (AvgIpc) is 3.34. The van der Waals surface area contributed by atoms with Crippen molar-refractivity contribution in [3.8, 4) is 0 Å². The van der Waals surface area contributed by atoms with E-state index in [-0.39, 0.29) is 24.9 Å². The van der Waals surface area contributed by atoms with Crippen LogP contribution in [0.1, 0.15) is 367 Å². The summed E-state index contributed by atoms with van der Waals surface area (Å²) in [6.45, 7) is 6.56. The molecule has 0 heterocycles. The van der Waals surface area contributed by atoms with Crippen molar-refractivity contribution in [3.63, 3.8) is 0 Å². The molecule has 3 unspecified atom stereocenters. The van der Waals surface area contributed by atoms with Crippen LogP contribution in [0.25, 0.3) is 0 Å². The van der Waals surface area contributed by atoms with E-state index in [1.165, 1.54) is 283 Å². The Morgan fingerprint density at radius 1 is 0.362 bits per heavy atom. The Morgan fingerprint density at radius 2 is 0.609 bits per heavy atom. The molecule has 0 spiro atoms. The molecule has 0 fully saturated rings. The lowest BCUT2D eigenvalue weighted by molar-refractivity contribution is -0.151. The zero-order chi connectivity index (χ0) is 50.2. The molecule has 412 valence electrons. The van der Waals surface area contributed by atoms with Gasteiger partial charge in [0.15, 0.2) is 0 Å². The molecule has 0 saturated carbocycles. The number of aliphatic hydroxyl groups excluding tert-OH is 2. The third kappa shape index (κ3) is 53.0. The highest BCUT2D eigenvalue weighted by Gasteiger charge is 2.24. The fourth-order valence-electron chi connectivity index (χ4n) is 10.4. The summed E-state index contributed by atoms with van der Waals surface area (Å²) in [5, 5.41) is 24.0. The summed E-state index contributed by atoms with van der Waals surface area (Å²) in [6.07, 6.45) is 66.1. The molecule has 0 aliphatic heterocycles. The van der Waals surface area contributed by atoms with E-state index in [4.69, 9.17) is 4.74 Å². The third-order valence-corrected chi connectivity index (χ3v) is 15.2. The number of aliphatic hydroxyl groups is 2. The van der Waals surface area contributed by atoms with Gasteiger partial charge in [0.25, 0.3) is 0 Å². The molecule has 0 saturated heterocycles. The predicted molar refractivity (Wildman–Crippen MR) is 301 cm³/mol. The van der Waals surface area contributed by atoms with Crippen LogP contribution in [0.4, 0.5) is 0 Å². The maximum atomic E-state index is 13.3. The average molecular weight is 977 g/mol. The van der Waals surface area contributed by atoms with Gasteiger partial charge in [0.1, 0.15) is 6.10 Å². The van der Waals surface area contributed by atoms with Gasteiger partial charge < -0.3 is 20.3 Å². The number of hydrogen-bond acceptors (Lipinski definition) is 5. The maximum absolute atomic E-state index is 13.3. The number of amides is 1. The normalized spacial score (nSPS) is 12.9. The zero-order valence-corrected chi connectivity index (χ0v) is 47.2. The number of carbonyl (C=O) groups excluding carboxylic acids is 2. The van der Waals surface area contributed by atoms with Crippen LogP contribution in [0.5, 0.6) is 0 Å². The Hall–Kier alpha value is -1.14. The van der Waals surface area contributed by atoms with Gasteiger partial charge in [-0.15, -0.1) is 0 Å². The molecule has 3 atom stereocenters. The topological polar surface area (TPSA) is 95.9 Å². The number of rotatable bonds is 59. The Morgan fingerprint density at radius 3 is 0.884 bits per heavy atom. The highest BCUT2D eigenvalue weighted by Crippen LogP contribution is 2.20. The Bertz CT molecular complexity index is 1010. The number of nitrogens with one attached hydrogen (secondary N) is 1. The molecule has 0 aromatic rings. The van der Waals surface area contributed by atoms with Gasteiger partial charge in [0.05, 0.1) is 25.2 Å². The van der Waals surface area contributed by atoms with E-state index in [0.29, 0.717) is 19.3 Å². The van der Waals surface area contributed by atoms with Crippen molar-refractivity contribution in [1.82, 2.24) is 5.32 Å². The van der Waals surface area contributed by atoms with E-state index in [0.717, 1.165) is 38.5 Å². The number of carbonyl (C=O) groups is 2. The van der Waals surface area contributed by atoms with Crippen molar-refractivity contribution < 1.29 is 24.5 Å². The third-order valence-electron chi connectivity index (χ3n) is 15.2. The molecule has 69 heavy (non-hydrogen) atoms. The highest BCUT2D eigenvalue weighted by atomic mass is 16.5. The first kappa shape index (κ1) is 67.9. The van der Waals surface area contributed by atoms with Crippen molar-refractivity contribution in [1.29, 1.82) is 0 Å². The zero-order valence-electron chi connectivity index (χ0n) is 47.2. The fourth-order valence-corrected chi connectivity index (χ4v) is 10.4. The SMILES string of the molecule is CCCCCCCCCCCCCCCCCCCCC(=O)OC(CCCCCCCCCCCCCCCCCC)CC(=O)NC(CO)C(O)CCCCCCCCCCCCCCCCCC. The number of esters is 1. The van der Waals surface area contributed by atoms with E-state index in [1.54, 1.807) is 0 Å². The molecule has 0 bridgehead atoms. The fraction of sp³-hybridized carbons (Fsp3) is 0.968. The van der Waals surface area contributed by atoms with E-state index in [9.17, 15) is 19.8 Å². The summed E-state index contributed by atoms with van der Waals surface area (Å²) in [5.41, 5.74) is 0. The van der Waals surface area contributed by atoms with Gasteiger partial charge in [0, 0.05) is 6.42 Å². The van der Waals surface area contributed by atoms with Crippen LogP contribution >= 0.6 is 0 Å². The Balaban J connectivity index is 4.46. The summed E-state index contributed by atoms with van der Waals surface area (Å²) >= 11 is 0. The molecule has 0 aromatic heterocycles. The Kier molecular flexibility index (Phi) is 56.8. The monoisotopic (exact) mass is 976 g/mol. The van der Waals surface area contributed by atoms with Crippen LogP contribution in [-0.4, -0.2) is 46.9 Å². The van der Waals surface area contributed by atoms with Crippen molar-refractivity contribution in [2.45, 2.75) is 386 Å². The molecule has 0 aliphatic carbocycles. The standard InChI is InChI=1S/C63H125NO5/c1-4-7-10-13-16-19-22-25-28-31-32-35-38-41-44-47-50-53-56-63(68)69-59(54-51-48-45-42-39-36-33-29-26-23-20-17-14-11-8-5-2)57-62(67)64-60(58-65)61(66)55-52-49-46-43-40-37-34-30-27-24-21-18-15-12-9-6-3/h59-61,65-66H,4-58H2,1-3H3,(H,64,67). The first-order chi connectivity index (χ1) is 34.0. The molecule has 3 N–H and O–H groups in total. The van der Waals surface area contributed by atoms with Gasteiger partial charge in [0.2, 0.25) is 5.91 Å². The van der Waals surface area contributed by atoms with Crippen LogP contribution in [0.15, 0.2) is 0 Å². The molecular formula is C63H125NO5. The summed E-state index contributed by atoms with van der Waals surface area (Å²) in [5.74, 6) is -0.439. The molecule has 6 heteroatoms. The minimum Gasteiger partial charge on any atom is -0.462 e. The van der Waals surface area contributed by atoms with Crippen LogP contribution in [-0.2, 0) is 14.3 Å². The van der Waals surface area contributed by atoms with Crippen LogP contribution in [0.3, 0.4) is 0 Å². The second-order valence-electron chi connectivity index (χ2n) is 22.2. The van der Waals surface area contributed by atoms with Gasteiger partial charge in [-0.2, -0.15) is 0 Å². The number of unbranched alkanes of at least 4 members (excludes halogenated alkanes) is 47. The van der Waals surface area contributed by atoms with Crippen molar-refractivity contribution in [3.05, 3.63) is 0 Å². The van der Waals surface area contributed by atoms with Crippen molar-refractivity contribution in [2.75, 3.05) is 6.61 Å². The predicted octanol–water partition coefficient (Wildman–Crippen LogP) is 19.9. The van der Waals surface area contributed by atoms with Gasteiger partial charge in [-0.25, -0.2) is 0 Å². The van der Waals surface area contributed by atoms with Gasteiger partial charge in [-0.05, 0) is 25.7 Å². The molecule has 0 aromatic carbocycles. The molecule has 0 rings (SSSR count). The summed E-state index contributed by atoms with van der Waals surface area (Å²) in [6, 6.07) is -0.694. The van der Waals surface area contributed by atoms with Crippen LogP contribution in [0.2, 0.25) is 0 Å². The maximum Gasteiger partial charge on any atom is 0.306 e. The summed E-state index contributed by atoms with van der Waals surface area (Å²) in [4.78, 5) is 26.4. The van der Waals surface area contributed by atoms with Crippen molar-refractivity contribution >= 4 is 11.9 Å². The highest BCUT2D eigenvalue weighted by molar-refractivity contribution is 5.77. The second-order valence-corrected chi connectivity index (χ2v) is 22.2. The van der Waals surface area contributed by atoms with Crippen molar-refractivity contribution in [2.24, 2.45) is 0 Å². The Labute approximate surface area is 432 Å². The smallest absolute Gasteiger partial charge is 0.306 e. The summed E-state index contributed by atoms with van der Waals surface area (Å²) in [7, 11) is 0. The van der Waals surface area contributed by atoms with Gasteiger partial charge >= 0.3 is 5.97 Å². The quantitative estimate of drug-likeness (QED) is 0.0417. The second kappa shape index (κ2) is 57.8. The van der Waals surface area contributed by atoms with Gasteiger partial charge in [-0.1, -0.05) is 329 Å². The van der Waals surface area contributed by atoms with E-state index in [1.807, 2.05) is 0 Å². The van der Waals surface area contributed by atoms with E-state index >= 15 is 0 Å². The lowest BCUT2D eigenvalue weighted by Gasteiger charge is -2.24. The molecule has 1 amide bonds. The first-order valence-corrected chi connectivity index (χ1v) is 31.8. The molecule has 0 radical (unpaired) electrons. The molecule has 0 aliphatic rings. The summed E-state index contributed by atoms with van der Waals surface area (Å²) < 4.78 is 5.99. The molecular weight excluding hydrogens is 851 g/mol. The molecule has 6 nitrogen and oxygen atoms in total.